The van der Waals surface area contributed by atoms with E-state index in [2.05, 4.69) is 51.1 Å². The maximum absolute atomic E-state index is 6.01. The van der Waals surface area contributed by atoms with Gasteiger partial charge in [0, 0.05) is 5.69 Å². The fourth-order valence-electron chi connectivity index (χ4n) is 2.16. The first kappa shape index (κ1) is 11.7. The minimum Gasteiger partial charge on any atom is -0.398 e. The van der Waals surface area contributed by atoms with Crippen LogP contribution < -0.4 is 5.73 Å². The first-order valence-corrected chi connectivity index (χ1v) is 5.98. The zero-order valence-electron chi connectivity index (χ0n) is 10.7. The zero-order valence-corrected chi connectivity index (χ0v) is 10.7. The molecule has 0 atom stereocenters. The smallest absolute Gasteiger partial charge is 0.0349 e. The van der Waals surface area contributed by atoms with Crippen LogP contribution in [0.15, 0.2) is 36.4 Å². The van der Waals surface area contributed by atoms with Crippen molar-refractivity contribution in [3.05, 3.63) is 64.2 Å². The van der Waals surface area contributed by atoms with Crippen molar-refractivity contribution in [2.45, 2.75) is 27.2 Å². The summed E-state index contributed by atoms with van der Waals surface area (Å²) >= 11 is 0. The number of hydrogen-bond acceptors (Lipinski definition) is 1. The molecule has 0 unspecified atom stereocenters. The summed E-state index contributed by atoms with van der Waals surface area (Å²) in [6.45, 7) is 6.35. The summed E-state index contributed by atoms with van der Waals surface area (Å²) < 4.78 is 0. The summed E-state index contributed by atoms with van der Waals surface area (Å²) in [4.78, 5) is 0. The van der Waals surface area contributed by atoms with Crippen LogP contribution in [0.1, 0.15) is 27.8 Å². The van der Waals surface area contributed by atoms with E-state index in [-0.39, 0.29) is 0 Å². The Morgan fingerprint density at radius 2 is 1.65 bits per heavy atom. The summed E-state index contributed by atoms with van der Waals surface area (Å²) in [6, 6.07) is 12.8. The first-order valence-electron chi connectivity index (χ1n) is 5.98. The van der Waals surface area contributed by atoms with Crippen molar-refractivity contribution in [3.8, 4) is 0 Å². The van der Waals surface area contributed by atoms with E-state index in [0.717, 1.165) is 12.1 Å². The number of nitrogens with two attached hydrogens (primary N) is 1. The summed E-state index contributed by atoms with van der Waals surface area (Å²) in [6.07, 6.45) is 0.963. The summed E-state index contributed by atoms with van der Waals surface area (Å²) in [5.41, 5.74) is 13.4. The Hall–Kier alpha value is -1.76. The van der Waals surface area contributed by atoms with Gasteiger partial charge in [-0.2, -0.15) is 0 Å². The minimum atomic E-state index is 0.897. The van der Waals surface area contributed by atoms with Crippen LogP contribution in [0, 0.1) is 20.8 Å². The predicted molar refractivity (Wildman–Crippen MR) is 74.3 cm³/mol. The Balaban J connectivity index is 2.40. The lowest BCUT2D eigenvalue weighted by Crippen LogP contribution is -1.99. The standard InChI is InChI=1S/C16H19N/c1-11-8-15(13(3)16(17)9-11)10-14-7-5-4-6-12(14)2/h4-9H,10,17H2,1-3H3. The van der Waals surface area contributed by atoms with Gasteiger partial charge < -0.3 is 5.73 Å². The quantitative estimate of drug-likeness (QED) is 0.773. The second-order valence-electron chi connectivity index (χ2n) is 4.74. The Morgan fingerprint density at radius 1 is 0.941 bits per heavy atom. The molecule has 1 nitrogen and oxygen atoms in total. The summed E-state index contributed by atoms with van der Waals surface area (Å²) in [5.74, 6) is 0. The highest BCUT2D eigenvalue weighted by Gasteiger charge is 2.05. The molecule has 2 N–H and O–H groups in total. The summed E-state index contributed by atoms with van der Waals surface area (Å²) in [5, 5.41) is 0. The van der Waals surface area contributed by atoms with Gasteiger partial charge in [0.1, 0.15) is 0 Å². The topological polar surface area (TPSA) is 26.0 Å². The van der Waals surface area contributed by atoms with Crippen molar-refractivity contribution in [1.29, 1.82) is 0 Å². The normalized spacial score (nSPS) is 10.5. The van der Waals surface area contributed by atoms with Crippen LogP contribution in [0.25, 0.3) is 0 Å². The Bertz CT molecular complexity index is 541. The lowest BCUT2D eigenvalue weighted by molar-refractivity contribution is 1.12. The highest BCUT2D eigenvalue weighted by Crippen LogP contribution is 2.22. The molecule has 0 aliphatic rings. The second kappa shape index (κ2) is 4.62. The molecule has 0 aliphatic heterocycles. The van der Waals surface area contributed by atoms with E-state index in [9.17, 15) is 0 Å². The van der Waals surface area contributed by atoms with E-state index in [4.69, 9.17) is 5.73 Å². The van der Waals surface area contributed by atoms with Gasteiger partial charge in [-0.25, -0.2) is 0 Å². The molecule has 0 bridgehead atoms. The van der Waals surface area contributed by atoms with Crippen molar-refractivity contribution in [1.82, 2.24) is 0 Å². The molecule has 0 saturated carbocycles. The molecule has 0 spiro atoms. The Labute approximate surface area is 103 Å². The number of anilines is 1. The molecular weight excluding hydrogens is 206 g/mol. The molecule has 0 aromatic heterocycles. The van der Waals surface area contributed by atoms with Crippen molar-refractivity contribution in [2.24, 2.45) is 0 Å². The van der Waals surface area contributed by atoms with Gasteiger partial charge in [0.25, 0.3) is 0 Å². The third-order valence-electron chi connectivity index (χ3n) is 3.34. The molecule has 2 aromatic rings. The fourth-order valence-corrected chi connectivity index (χ4v) is 2.16. The van der Waals surface area contributed by atoms with E-state index in [1.54, 1.807) is 0 Å². The second-order valence-corrected chi connectivity index (χ2v) is 4.74. The van der Waals surface area contributed by atoms with E-state index in [1.165, 1.54) is 27.8 Å². The van der Waals surface area contributed by atoms with Gasteiger partial charge in [-0.3, -0.25) is 0 Å². The number of aryl methyl sites for hydroxylation is 2. The van der Waals surface area contributed by atoms with Crippen molar-refractivity contribution < 1.29 is 0 Å². The molecule has 1 heteroatoms. The van der Waals surface area contributed by atoms with Crippen LogP contribution in [-0.2, 0) is 6.42 Å². The molecule has 0 aliphatic carbocycles. The molecule has 0 fully saturated rings. The van der Waals surface area contributed by atoms with Crippen molar-refractivity contribution in [3.63, 3.8) is 0 Å². The molecular formula is C16H19N. The number of hydrogen-bond donors (Lipinski definition) is 1. The van der Waals surface area contributed by atoms with Gasteiger partial charge in [0.15, 0.2) is 0 Å². The molecule has 2 rings (SSSR count). The molecule has 2 aromatic carbocycles. The number of nitrogen functional groups attached to an aromatic ring is 1. The number of benzene rings is 2. The van der Waals surface area contributed by atoms with E-state index < -0.39 is 0 Å². The first-order chi connectivity index (χ1) is 8.08. The van der Waals surface area contributed by atoms with Gasteiger partial charge >= 0.3 is 0 Å². The molecule has 88 valence electrons. The van der Waals surface area contributed by atoms with Gasteiger partial charge in [-0.1, -0.05) is 30.3 Å². The molecule has 0 radical (unpaired) electrons. The van der Waals surface area contributed by atoms with Crippen LogP contribution in [-0.4, -0.2) is 0 Å². The van der Waals surface area contributed by atoms with Gasteiger partial charge in [-0.05, 0) is 61.1 Å². The Kier molecular flexibility index (Phi) is 3.19. The largest absolute Gasteiger partial charge is 0.398 e. The lowest BCUT2D eigenvalue weighted by Gasteiger charge is -2.12. The molecule has 0 saturated heterocycles. The highest BCUT2D eigenvalue weighted by atomic mass is 14.6. The van der Waals surface area contributed by atoms with Gasteiger partial charge in [-0.15, -0.1) is 0 Å². The maximum Gasteiger partial charge on any atom is 0.0349 e. The fraction of sp³-hybridized carbons (Fsp3) is 0.250. The van der Waals surface area contributed by atoms with Crippen LogP contribution in [0.2, 0.25) is 0 Å². The lowest BCUT2D eigenvalue weighted by atomic mass is 9.95. The minimum absolute atomic E-state index is 0.897. The summed E-state index contributed by atoms with van der Waals surface area (Å²) in [7, 11) is 0. The van der Waals surface area contributed by atoms with E-state index in [1.807, 2.05) is 6.07 Å². The molecule has 17 heavy (non-hydrogen) atoms. The average molecular weight is 225 g/mol. The molecule has 0 amide bonds. The van der Waals surface area contributed by atoms with Crippen LogP contribution >= 0.6 is 0 Å². The predicted octanol–water partition coefficient (Wildman–Crippen LogP) is 3.78. The third-order valence-corrected chi connectivity index (χ3v) is 3.34. The monoisotopic (exact) mass is 225 g/mol. The maximum atomic E-state index is 6.01. The zero-order chi connectivity index (χ0) is 12.4. The van der Waals surface area contributed by atoms with Crippen LogP contribution in [0.4, 0.5) is 5.69 Å². The van der Waals surface area contributed by atoms with Gasteiger partial charge in [0.05, 0.1) is 0 Å². The van der Waals surface area contributed by atoms with Crippen molar-refractivity contribution in [2.75, 3.05) is 5.73 Å². The van der Waals surface area contributed by atoms with Crippen LogP contribution in [0.5, 0.6) is 0 Å². The van der Waals surface area contributed by atoms with Crippen LogP contribution in [0.3, 0.4) is 0 Å². The molecule has 0 heterocycles. The van der Waals surface area contributed by atoms with E-state index in [0.29, 0.717) is 0 Å². The SMILES string of the molecule is Cc1cc(N)c(C)c(Cc2ccccc2C)c1. The van der Waals surface area contributed by atoms with E-state index >= 15 is 0 Å². The van der Waals surface area contributed by atoms with Gasteiger partial charge in [0.2, 0.25) is 0 Å². The van der Waals surface area contributed by atoms with Crippen molar-refractivity contribution >= 4 is 5.69 Å². The highest BCUT2D eigenvalue weighted by molar-refractivity contribution is 5.53. The number of rotatable bonds is 2. The average Bonchev–Trinajstić information content (AvgIpc) is 2.28. The Morgan fingerprint density at radius 3 is 2.35 bits per heavy atom. The third kappa shape index (κ3) is 2.50.